The van der Waals surface area contributed by atoms with E-state index in [1.54, 1.807) is 0 Å². The molecule has 2 unspecified atom stereocenters. The van der Waals surface area contributed by atoms with Crippen LogP contribution < -0.4 is 10.6 Å². The Hall–Kier alpha value is -6.52. The fourth-order valence-electron chi connectivity index (χ4n) is 9.32. The van der Waals surface area contributed by atoms with Gasteiger partial charge in [0, 0.05) is 28.8 Å². The van der Waals surface area contributed by atoms with Crippen LogP contribution in [0, 0.1) is 11.6 Å². The van der Waals surface area contributed by atoms with E-state index >= 15 is 8.78 Å². The first-order chi connectivity index (χ1) is 28.6. The van der Waals surface area contributed by atoms with Crippen molar-refractivity contribution >= 4 is 22.1 Å². The molecule has 0 aliphatic heterocycles. The smallest absolute Gasteiger partial charge is 0.165 e. The molecule has 8 aromatic rings. The maximum Gasteiger partial charge on any atom is 0.165 e. The van der Waals surface area contributed by atoms with Gasteiger partial charge in [0.25, 0.3) is 0 Å². The summed E-state index contributed by atoms with van der Waals surface area (Å²) >= 11 is 0. The number of anilines is 2. The van der Waals surface area contributed by atoms with Crippen LogP contribution in [0.25, 0.3) is 10.8 Å². The Morgan fingerprint density at radius 1 is 0.466 bits per heavy atom. The van der Waals surface area contributed by atoms with Gasteiger partial charge >= 0.3 is 0 Å². The van der Waals surface area contributed by atoms with Crippen LogP contribution in [0.15, 0.2) is 182 Å². The Labute approximate surface area is 340 Å². The highest BCUT2D eigenvalue weighted by Crippen LogP contribution is 2.52. The molecule has 0 heterocycles. The molecular weight excluding hydrogens is 715 g/mol. The molecule has 0 saturated heterocycles. The third-order valence-electron chi connectivity index (χ3n) is 12.0. The van der Waals surface area contributed by atoms with E-state index in [4.69, 9.17) is 0 Å². The zero-order valence-electron chi connectivity index (χ0n) is 32.8. The van der Waals surface area contributed by atoms with Gasteiger partial charge in [0.05, 0.1) is 12.1 Å². The molecule has 0 fully saturated rings. The van der Waals surface area contributed by atoms with E-state index in [1.807, 2.05) is 97.1 Å². The van der Waals surface area contributed by atoms with Crippen molar-refractivity contribution in [1.82, 2.24) is 0 Å². The van der Waals surface area contributed by atoms with Gasteiger partial charge in [-0.15, -0.1) is 0 Å². The van der Waals surface area contributed by atoms with E-state index in [2.05, 4.69) is 103 Å². The first kappa shape index (κ1) is 37.1. The number of benzene rings is 8. The van der Waals surface area contributed by atoms with E-state index in [-0.39, 0.29) is 17.6 Å². The van der Waals surface area contributed by atoms with Gasteiger partial charge in [0.2, 0.25) is 0 Å². The zero-order valence-corrected chi connectivity index (χ0v) is 32.8. The number of aryl methyl sites for hydroxylation is 2. The highest BCUT2D eigenvalue weighted by Gasteiger charge is 2.39. The number of halogens is 2. The Kier molecular flexibility index (Phi) is 10.3. The maximum absolute atomic E-state index is 17.5. The molecule has 9 rings (SSSR count). The normalized spacial score (nSPS) is 14.7. The molecule has 8 aromatic carbocycles. The summed E-state index contributed by atoms with van der Waals surface area (Å²) in [6.07, 6.45) is 1.75. The Bertz CT molecular complexity index is 2570. The Morgan fingerprint density at radius 2 is 0.879 bits per heavy atom. The lowest BCUT2D eigenvalue weighted by Crippen LogP contribution is -2.25. The van der Waals surface area contributed by atoms with E-state index in [0.29, 0.717) is 11.3 Å². The third kappa shape index (κ3) is 6.73. The summed E-state index contributed by atoms with van der Waals surface area (Å²) in [5.41, 5.74) is 11.2. The number of hydrogen-bond acceptors (Lipinski definition) is 2. The molecule has 0 spiro atoms. The van der Waals surface area contributed by atoms with E-state index < -0.39 is 23.5 Å². The Balaban J connectivity index is 1.34. The molecular formula is C54H46F2N2. The van der Waals surface area contributed by atoms with Gasteiger partial charge in [-0.1, -0.05) is 190 Å². The molecule has 0 radical (unpaired) electrons. The van der Waals surface area contributed by atoms with Crippen LogP contribution in [-0.4, -0.2) is 0 Å². The fraction of sp³-hybridized carbons (Fsp3) is 0.148. The first-order valence-electron chi connectivity index (χ1n) is 20.4. The Morgan fingerprint density at radius 3 is 1.33 bits per heavy atom. The highest BCUT2D eigenvalue weighted by molar-refractivity contribution is 5.93. The van der Waals surface area contributed by atoms with Gasteiger partial charge in [-0.3, -0.25) is 0 Å². The summed E-state index contributed by atoms with van der Waals surface area (Å²) in [7, 11) is 0. The summed E-state index contributed by atoms with van der Waals surface area (Å²) in [6.45, 7) is 4.39. The summed E-state index contributed by atoms with van der Waals surface area (Å²) < 4.78 is 34.3. The average Bonchev–Trinajstić information content (AvgIpc) is 3.57. The van der Waals surface area contributed by atoms with Gasteiger partial charge in [-0.2, -0.15) is 0 Å². The second-order valence-electron chi connectivity index (χ2n) is 15.3. The molecule has 286 valence electrons. The molecule has 58 heavy (non-hydrogen) atoms. The predicted molar refractivity (Wildman–Crippen MR) is 236 cm³/mol. The standard InChI is InChI=1S/C54H46F2N2/c1-3-35-28-17-29-36(4-2)51(35)57-53-42-32-18-30-41-31-19-33-43(48(41)42)54(53)58-52-44(46(37-20-9-5-10-21-37)38-22-11-6-12-23-38)34-45(55)50(56)49(52)47(39-24-13-7-14-25-39)40-26-15-8-16-27-40/h5-34,46-47,53-54,57-58H,3-4H2,1-2H3. The minimum Gasteiger partial charge on any atom is -0.375 e. The van der Waals surface area contributed by atoms with Crippen molar-refractivity contribution < 1.29 is 8.78 Å². The van der Waals surface area contributed by atoms with Crippen molar-refractivity contribution in [2.24, 2.45) is 0 Å². The molecule has 1 aliphatic carbocycles. The molecule has 0 saturated carbocycles. The van der Waals surface area contributed by atoms with Gasteiger partial charge in [-0.25, -0.2) is 8.78 Å². The van der Waals surface area contributed by atoms with Crippen LogP contribution in [0.2, 0.25) is 0 Å². The third-order valence-corrected chi connectivity index (χ3v) is 12.0. The minimum absolute atomic E-state index is 0.230. The topological polar surface area (TPSA) is 24.1 Å². The SMILES string of the molecule is CCc1cccc(CC)c1NC1c2cccc3cccc(c23)C1Nc1c(C(c2ccccc2)c2ccccc2)cc(F)c(F)c1C(c1ccccc1)c1ccccc1. The summed E-state index contributed by atoms with van der Waals surface area (Å²) in [5.74, 6) is -2.76. The van der Waals surface area contributed by atoms with Crippen LogP contribution in [0.5, 0.6) is 0 Å². The van der Waals surface area contributed by atoms with Crippen molar-refractivity contribution in [3.63, 3.8) is 0 Å². The van der Waals surface area contributed by atoms with Gasteiger partial charge in [0.15, 0.2) is 11.6 Å². The summed E-state index contributed by atoms with van der Waals surface area (Å²) in [5, 5.41) is 10.5. The maximum atomic E-state index is 17.5. The average molecular weight is 761 g/mol. The lowest BCUT2D eigenvalue weighted by atomic mass is 9.78. The second-order valence-corrected chi connectivity index (χ2v) is 15.3. The van der Waals surface area contributed by atoms with Crippen molar-refractivity contribution in [1.29, 1.82) is 0 Å². The molecule has 0 amide bonds. The summed E-state index contributed by atoms with van der Waals surface area (Å²) in [4.78, 5) is 0. The van der Waals surface area contributed by atoms with E-state index in [9.17, 15) is 0 Å². The van der Waals surface area contributed by atoms with Crippen LogP contribution in [0.3, 0.4) is 0 Å². The van der Waals surface area contributed by atoms with Crippen molar-refractivity contribution in [3.05, 3.63) is 249 Å². The van der Waals surface area contributed by atoms with Gasteiger partial charge < -0.3 is 10.6 Å². The van der Waals surface area contributed by atoms with Gasteiger partial charge in [-0.05, 0) is 79.8 Å². The minimum atomic E-state index is -0.875. The quantitative estimate of drug-likeness (QED) is 0.121. The van der Waals surface area contributed by atoms with Crippen molar-refractivity contribution in [2.75, 3.05) is 10.6 Å². The molecule has 1 aliphatic rings. The van der Waals surface area contributed by atoms with E-state index in [0.717, 1.165) is 51.7 Å². The number of nitrogens with one attached hydrogen (secondary N) is 2. The molecule has 0 bridgehead atoms. The van der Waals surface area contributed by atoms with Crippen molar-refractivity contribution in [3.8, 4) is 0 Å². The second kappa shape index (κ2) is 16.1. The lowest BCUT2D eigenvalue weighted by molar-refractivity contribution is 0.495. The van der Waals surface area contributed by atoms with Crippen LogP contribution in [0.4, 0.5) is 20.2 Å². The lowest BCUT2D eigenvalue weighted by Gasteiger charge is -2.33. The van der Waals surface area contributed by atoms with Crippen LogP contribution in [0.1, 0.15) is 93.4 Å². The molecule has 2 nitrogen and oxygen atoms in total. The van der Waals surface area contributed by atoms with Crippen LogP contribution in [-0.2, 0) is 12.8 Å². The molecule has 2 atom stereocenters. The predicted octanol–water partition coefficient (Wildman–Crippen LogP) is 13.9. The highest BCUT2D eigenvalue weighted by atomic mass is 19.2. The number of rotatable bonds is 12. The molecule has 4 heteroatoms. The number of hydrogen-bond donors (Lipinski definition) is 2. The molecule has 2 N–H and O–H groups in total. The van der Waals surface area contributed by atoms with Crippen LogP contribution >= 0.6 is 0 Å². The van der Waals surface area contributed by atoms with Gasteiger partial charge in [0.1, 0.15) is 0 Å². The monoisotopic (exact) mass is 760 g/mol. The summed E-state index contributed by atoms with van der Waals surface area (Å²) in [6, 6.07) is 60.6. The van der Waals surface area contributed by atoms with E-state index in [1.165, 1.54) is 28.1 Å². The fourth-order valence-corrected chi connectivity index (χ4v) is 9.32. The van der Waals surface area contributed by atoms with Crippen molar-refractivity contribution in [2.45, 2.75) is 50.6 Å². The zero-order chi connectivity index (χ0) is 39.6. The number of para-hydroxylation sites is 1. The first-order valence-corrected chi connectivity index (χ1v) is 20.4. The largest absolute Gasteiger partial charge is 0.375 e. The molecule has 0 aromatic heterocycles.